The molecule has 0 aliphatic rings. The number of carbonyl (C=O) groups excluding carboxylic acids is 1. The number of rotatable bonds is 6. The van der Waals surface area contributed by atoms with Crippen molar-refractivity contribution in [3.63, 3.8) is 0 Å². The summed E-state index contributed by atoms with van der Waals surface area (Å²) in [4.78, 5) is 17.3. The van der Waals surface area contributed by atoms with Crippen LogP contribution in [0.3, 0.4) is 0 Å². The van der Waals surface area contributed by atoms with Crippen molar-refractivity contribution in [1.82, 2.24) is 9.71 Å². The number of amides is 1. The summed E-state index contributed by atoms with van der Waals surface area (Å²) in [7, 11) is -3.87. The molecule has 154 valence electrons. The molecule has 0 saturated carbocycles. The molecular formula is C21H25N3O3S2. The summed E-state index contributed by atoms with van der Waals surface area (Å²) < 4.78 is 29.3. The van der Waals surface area contributed by atoms with Gasteiger partial charge in [0.15, 0.2) is 0 Å². The van der Waals surface area contributed by atoms with Gasteiger partial charge in [0.2, 0.25) is 15.9 Å². The Hall–Kier alpha value is -2.29. The van der Waals surface area contributed by atoms with E-state index >= 15 is 0 Å². The molecule has 0 aliphatic heterocycles. The van der Waals surface area contributed by atoms with Crippen LogP contribution in [0.2, 0.25) is 0 Å². The van der Waals surface area contributed by atoms with Gasteiger partial charge < -0.3 is 5.32 Å². The molecule has 0 radical (unpaired) electrons. The van der Waals surface area contributed by atoms with Crippen LogP contribution in [-0.2, 0) is 14.8 Å². The first-order chi connectivity index (χ1) is 13.5. The first-order valence-corrected chi connectivity index (χ1v) is 11.6. The molecule has 0 aliphatic carbocycles. The third kappa shape index (κ3) is 5.01. The van der Waals surface area contributed by atoms with Crippen LogP contribution in [0.1, 0.15) is 30.0 Å². The number of aryl methyl sites for hydroxylation is 3. The molecule has 6 nitrogen and oxygen atoms in total. The number of sulfonamides is 1. The maximum absolute atomic E-state index is 13.0. The van der Waals surface area contributed by atoms with Crippen LogP contribution in [-0.4, -0.2) is 25.4 Å². The Kier molecular flexibility index (Phi) is 6.07. The summed E-state index contributed by atoms with van der Waals surface area (Å²) in [5.74, 6) is -0.617. The monoisotopic (exact) mass is 431 g/mol. The lowest BCUT2D eigenvalue weighted by atomic mass is 10.0. The maximum Gasteiger partial charge on any atom is 0.242 e. The van der Waals surface area contributed by atoms with Gasteiger partial charge in [-0.25, -0.2) is 13.4 Å². The highest BCUT2D eigenvalue weighted by Gasteiger charge is 2.29. The summed E-state index contributed by atoms with van der Waals surface area (Å²) in [6, 6.07) is 9.63. The number of nitrogens with one attached hydrogen (secondary N) is 2. The number of carbonyl (C=O) groups is 1. The fourth-order valence-corrected chi connectivity index (χ4v) is 5.49. The fourth-order valence-electron chi connectivity index (χ4n) is 3.18. The minimum Gasteiger partial charge on any atom is -0.325 e. The highest BCUT2D eigenvalue weighted by atomic mass is 32.2. The molecule has 1 amide bonds. The predicted molar refractivity (Wildman–Crippen MR) is 118 cm³/mol. The Morgan fingerprint density at radius 3 is 2.31 bits per heavy atom. The summed E-state index contributed by atoms with van der Waals surface area (Å²) in [5.41, 5.74) is 3.46. The second kappa shape index (κ2) is 8.22. The van der Waals surface area contributed by atoms with Crippen LogP contribution >= 0.6 is 11.3 Å². The molecule has 1 atom stereocenters. The number of thiazole rings is 1. The molecule has 3 rings (SSSR count). The van der Waals surface area contributed by atoms with E-state index in [0.29, 0.717) is 5.69 Å². The smallest absolute Gasteiger partial charge is 0.242 e. The quantitative estimate of drug-likeness (QED) is 0.613. The molecule has 0 spiro atoms. The molecule has 29 heavy (non-hydrogen) atoms. The van der Waals surface area contributed by atoms with Gasteiger partial charge in [-0.15, -0.1) is 11.3 Å². The van der Waals surface area contributed by atoms with Crippen molar-refractivity contribution in [1.29, 1.82) is 0 Å². The van der Waals surface area contributed by atoms with Crippen molar-refractivity contribution in [2.24, 2.45) is 5.92 Å². The van der Waals surface area contributed by atoms with E-state index in [2.05, 4.69) is 15.0 Å². The number of fused-ring (bicyclic) bond motifs is 1. The summed E-state index contributed by atoms with van der Waals surface area (Å²) >= 11 is 1.44. The largest absolute Gasteiger partial charge is 0.325 e. The Balaban J connectivity index is 1.85. The average molecular weight is 432 g/mol. The summed E-state index contributed by atoms with van der Waals surface area (Å²) in [6.45, 7) is 9.39. The molecule has 1 aromatic heterocycles. The minimum absolute atomic E-state index is 0.124. The van der Waals surface area contributed by atoms with Crippen molar-refractivity contribution < 1.29 is 13.2 Å². The van der Waals surface area contributed by atoms with Crippen LogP contribution in [0.15, 0.2) is 41.3 Å². The van der Waals surface area contributed by atoms with Crippen LogP contribution < -0.4 is 10.0 Å². The third-order valence-corrected chi connectivity index (χ3v) is 6.87. The van der Waals surface area contributed by atoms with Gasteiger partial charge in [0.1, 0.15) is 6.04 Å². The lowest BCUT2D eigenvalue weighted by Crippen LogP contribution is -2.47. The molecular weight excluding hydrogens is 406 g/mol. The van der Waals surface area contributed by atoms with Crippen molar-refractivity contribution in [2.45, 2.75) is 45.6 Å². The van der Waals surface area contributed by atoms with E-state index in [1.165, 1.54) is 17.4 Å². The Labute approximate surface area is 175 Å². The Bertz CT molecular complexity index is 1150. The summed E-state index contributed by atoms with van der Waals surface area (Å²) in [6.07, 6.45) is 0. The lowest BCUT2D eigenvalue weighted by molar-refractivity contribution is -0.118. The zero-order valence-corrected chi connectivity index (χ0v) is 18.7. The van der Waals surface area contributed by atoms with Gasteiger partial charge in [-0.2, -0.15) is 4.72 Å². The van der Waals surface area contributed by atoms with Crippen LogP contribution in [0.4, 0.5) is 5.69 Å². The first-order valence-electron chi connectivity index (χ1n) is 9.34. The number of anilines is 1. The maximum atomic E-state index is 13.0. The minimum atomic E-state index is -3.87. The zero-order valence-electron chi connectivity index (χ0n) is 17.1. The average Bonchev–Trinajstić information content (AvgIpc) is 2.97. The van der Waals surface area contributed by atoms with Gasteiger partial charge in [-0.05, 0) is 68.1 Å². The molecule has 1 heterocycles. The standard InChI is InChI=1S/C21H25N3O3S2/c1-12(2)20(21(25)23-16-9-13(3)8-14(4)10-16)24-29(26,27)17-6-7-18-19(11-17)28-15(5)22-18/h6-12,20,24H,1-5H3,(H,23,25)/t20-/m1/s1. The highest BCUT2D eigenvalue weighted by Crippen LogP contribution is 2.25. The molecule has 0 saturated heterocycles. The number of aromatic nitrogens is 1. The molecule has 0 bridgehead atoms. The first kappa shape index (κ1) is 21.4. The second-order valence-corrected chi connectivity index (χ2v) is 10.5. The van der Waals surface area contributed by atoms with Crippen molar-refractivity contribution >= 4 is 43.2 Å². The SMILES string of the molecule is Cc1cc(C)cc(NC(=O)[C@H](NS(=O)(=O)c2ccc3nc(C)sc3c2)C(C)C)c1. The van der Waals surface area contributed by atoms with E-state index in [4.69, 9.17) is 0 Å². The van der Waals surface area contributed by atoms with Gasteiger partial charge in [-0.3, -0.25) is 4.79 Å². The van der Waals surface area contributed by atoms with Crippen LogP contribution in [0.25, 0.3) is 10.2 Å². The van der Waals surface area contributed by atoms with Gasteiger partial charge in [0.25, 0.3) is 0 Å². The molecule has 0 unspecified atom stereocenters. The molecule has 2 aromatic carbocycles. The molecule has 0 fully saturated rings. The topological polar surface area (TPSA) is 88.2 Å². The van der Waals surface area contributed by atoms with Crippen LogP contribution in [0.5, 0.6) is 0 Å². The van der Waals surface area contributed by atoms with E-state index < -0.39 is 16.1 Å². The van der Waals surface area contributed by atoms with Crippen molar-refractivity contribution in [3.05, 3.63) is 52.5 Å². The van der Waals surface area contributed by atoms with Crippen molar-refractivity contribution in [3.8, 4) is 0 Å². The second-order valence-electron chi connectivity index (χ2n) is 7.57. The number of hydrogen-bond acceptors (Lipinski definition) is 5. The predicted octanol–water partition coefficient (Wildman–Crippen LogP) is 4.16. The van der Waals surface area contributed by atoms with Crippen molar-refractivity contribution in [2.75, 3.05) is 5.32 Å². The molecule has 8 heteroatoms. The van der Waals surface area contributed by atoms with E-state index in [1.807, 2.05) is 52.8 Å². The van der Waals surface area contributed by atoms with Gasteiger partial charge in [0.05, 0.1) is 20.1 Å². The molecule has 2 N–H and O–H groups in total. The number of benzene rings is 2. The Morgan fingerprint density at radius 2 is 1.69 bits per heavy atom. The normalized spacial score (nSPS) is 13.0. The zero-order chi connectivity index (χ0) is 21.3. The molecule has 3 aromatic rings. The van der Waals surface area contributed by atoms with E-state index in [-0.39, 0.29) is 16.7 Å². The summed E-state index contributed by atoms with van der Waals surface area (Å²) in [5, 5.41) is 3.71. The number of hydrogen-bond donors (Lipinski definition) is 2. The van der Waals surface area contributed by atoms with E-state index in [1.54, 1.807) is 12.1 Å². The van der Waals surface area contributed by atoms with Crippen LogP contribution in [0, 0.1) is 26.7 Å². The third-order valence-electron chi connectivity index (χ3n) is 4.50. The highest BCUT2D eigenvalue weighted by molar-refractivity contribution is 7.89. The van der Waals surface area contributed by atoms with Gasteiger partial charge >= 0.3 is 0 Å². The van der Waals surface area contributed by atoms with Gasteiger partial charge in [-0.1, -0.05) is 19.9 Å². The Morgan fingerprint density at radius 1 is 1.03 bits per heavy atom. The fraction of sp³-hybridized carbons (Fsp3) is 0.333. The van der Waals surface area contributed by atoms with E-state index in [9.17, 15) is 13.2 Å². The van der Waals surface area contributed by atoms with Gasteiger partial charge in [0, 0.05) is 5.69 Å². The van der Waals surface area contributed by atoms with E-state index in [0.717, 1.165) is 26.4 Å². The lowest BCUT2D eigenvalue weighted by Gasteiger charge is -2.22. The number of nitrogens with zero attached hydrogens (tertiary/aromatic N) is 1.